The van der Waals surface area contributed by atoms with Crippen LogP contribution in [0.3, 0.4) is 0 Å². The van der Waals surface area contributed by atoms with E-state index in [0.29, 0.717) is 13.1 Å². The van der Waals surface area contributed by atoms with E-state index in [2.05, 4.69) is 19.2 Å². The van der Waals surface area contributed by atoms with E-state index >= 15 is 0 Å². The summed E-state index contributed by atoms with van der Waals surface area (Å²) in [5.74, 6) is 0.123. The van der Waals surface area contributed by atoms with Crippen LogP contribution in [0.4, 0.5) is 0 Å². The first-order valence-electron chi connectivity index (χ1n) is 7.98. The summed E-state index contributed by atoms with van der Waals surface area (Å²) < 4.78 is 22.3. The highest BCUT2D eigenvalue weighted by Gasteiger charge is 2.11. The average Bonchev–Trinajstić information content (AvgIpc) is 2.50. The van der Waals surface area contributed by atoms with Crippen LogP contribution in [-0.2, 0) is 21.2 Å². The Balaban J connectivity index is 2.38. The number of primary sulfonamides is 1. The second kappa shape index (κ2) is 9.64. The molecule has 0 radical (unpaired) electrons. The molecule has 0 saturated carbocycles. The Morgan fingerprint density at radius 1 is 1.13 bits per heavy atom. The van der Waals surface area contributed by atoms with Gasteiger partial charge in [-0.2, -0.15) is 0 Å². The number of carbonyl (C=O) groups is 1. The van der Waals surface area contributed by atoms with E-state index in [1.807, 2.05) is 4.90 Å². The lowest BCUT2D eigenvalue weighted by atomic mass is 10.1. The summed E-state index contributed by atoms with van der Waals surface area (Å²) in [7, 11) is -3.64. The molecule has 3 N–H and O–H groups in total. The molecule has 0 heterocycles. The Morgan fingerprint density at radius 2 is 1.70 bits per heavy atom. The summed E-state index contributed by atoms with van der Waals surface area (Å²) in [5, 5.41) is 8.20. The maximum absolute atomic E-state index is 12.1. The van der Waals surface area contributed by atoms with Gasteiger partial charge < -0.3 is 10.2 Å². The van der Waals surface area contributed by atoms with Gasteiger partial charge in [0.05, 0.1) is 11.4 Å². The number of nitrogens with two attached hydrogens (primary N) is 1. The summed E-state index contributed by atoms with van der Waals surface area (Å²) in [5.41, 5.74) is 0.997. The largest absolute Gasteiger partial charge is 0.342 e. The van der Waals surface area contributed by atoms with Crippen LogP contribution in [0.25, 0.3) is 0 Å². The van der Waals surface area contributed by atoms with Gasteiger partial charge in [-0.25, -0.2) is 13.6 Å². The molecule has 0 bridgehead atoms. The summed E-state index contributed by atoms with van der Waals surface area (Å²) in [6, 6.07) is 6.48. The van der Waals surface area contributed by atoms with E-state index in [1.54, 1.807) is 12.1 Å². The third-order valence-corrected chi connectivity index (χ3v) is 4.39. The second-order valence-electron chi connectivity index (χ2n) is 5.50. The Kier molecular flexibility index (Phi) is 8.22. The summed E-state index contributed by atoms with van der Waals surface area (Å²) in [6.45, 7) is 6.71. The lowest BCUT2D eigenvalue weighted by molar-refractivity contribution is -0.130. The van der Waals surface area contributed by atoms with Gasteiger partial charge in [-0.3, -0.25) is 4.79 Å². The van der Waals surface area contributed by atoms with Crippen LogP contribution in [0, 0.1) is 0 Å². The molecule has 7 heteroatoms. The molecular weight excluding hydrogens is 314 g/mol. The highest BCUT2D eigenvalue weighted by atomic mass is 32.2. The fraction of sp³-hybridized carbons (Fsp3) is 0.562. The number of nitrogens with one attached hydrogen (secondary N) is 1. The molecule has 0 atom stereocenters. The van der Waals surface area contributed by atoms with Crippen molar-refractivity contribution in [1.29, 1.82) is 0 Å². The van der Waals surface area contributed by atoms with E-state index < -0.39 is 10.0 Å². The molecule has 6 nitrogen and oxygen atoms in total. The van der Waals surface area contributed by atoms with Gasteiger partial charge in [0.1, 0.15) is 0 Å². The molecule has 0 aliphatic carbocycles. The summed E-state index contributed by atoms with van der Waals surface area (Å²) in [6.07, 6.45) is 2.64. The van der Waals surface area contributed by atoms with Crippen molar-refractivity contribution < 1.29 is 13.2 Å². The highest BCUT2D eigenvalue weighted by Crippen LogP contribution is 2.08. The van der Waals surface area contributed by atoms with Gasteiger partial charge >= 0.3 is 0 Å². The number of benzene rings is 1. The fourth-order valence-corrected chi connectivity index (χ4v) is 2.80. The van der Waals surface area contributed by atoms with Gasteiger partial charge in [0.15, 0.2) is 0 Å². The predicted octanol–water partition coefficient (Wildman–Crippen LogP) is 1.11. The fourth-order valence-electron chi connectivity index (χ4n) is 2.29. The lowest BCUT2D eigenvalue weighted by Gasteiger charge is -2.21. The van der Waals surface area contributed by atoms with Gasteiger partial charge in [-0.05, 0) is 43.5 Å². The van der Waals surface area contributed by atoms with Crippen molar-refractivity contribution >= 4 is 15.9 Å². The third-order valence-electron chi connectivity index (χ3n) is 3.46. The average molecular weight is 341 g/mol. The highest BCUT2D eigenvalue weighted by molar-refractivity contribution is 7.89. The van der Waals surface area contributed by atoms with Gasteiger partial charge in [0.25, 0.3) is 0 Å². The quantitative estimate of drug-likeness (QED) is 0.624. The first-order chi connectivity index (χ1) is 10.9. The standard InChI is InChI=1S/C16H27N3O3S/c1-3-11-19(12-4-2)16(20)13-18-10-9-14-5-7-15(8-6-14)23(17,21)22/h5-8,18H,3-4,9-13H2,1-2H3,(H2,17,21,22). The van der Waals surface area contributed by atoms with E-state index in [1.165, 1.54) is 12.1 Å². The number of amides is 1. The molecule has 0 saturated heterocycles. The molecule has 0 spiro atoms. The van der Waals surface area contributed by atoms with Gasteiger partial charge in [-0.15, -0.1) is 0 Å². The molecule has 0 fully saturated rings. The van der Waals surface area contributed by atoms with Crippen molar-refractivity contribution in [3.05, 3.63) is 29.8 Å². The van der Waals surface area contributed by atoms with Crippen molar-refractivity contribution in [3.63, 3.8) is 0 Å². The second-order valence-corrected chi connectivity index (χ2v) is 7.06. The minimum Gasteiger partial charge on any atom is -0.342 e. The summed E-state index contributed by atoms with van der Waals surface area (Å²) >= 11 is 0. The third kappa shape index (κ3) is 7.11. The molecule has 1 aromatic rings. The molecular formula is C16H27N3O3S. The number of hydrogen-bond donors (Lipinski definition) is 2. The summed E-state index contributed by atoms with van der Waals surface area (Å²) in [4.78, 5) is 14.1. The van der Waals surface area contributed by atoms with Crippen molar-refractivity contribution in [2.75, 3.05) is 26.2 Å². The minimum atomic E-state index is -3.64. The van der Waals surface area contributed by atoms with Crippen molar-refractivity contribution in [2.24, 2.45) is 5.14 Å². The van der Waals surface area contributed by atoms with Crippen LogP contribution in [-0.4, -0.2) is 45.4 Å². The lowest BCUT2D eigenvalue weighted by Crippen LogP contribution is -2.39. The number of rotatable bonds is 10. The van der Waals surface area contributed by atoms with E-state index in [4.69, 9.17) is 5.14 Å². The van der Waals surface area contributed by atoms with Crippen LogP contribution < -0.4 is 10.5 Å². The van der Waals surface area contributed by atoms with Crippen LogP contribution in [0.5, 0.6) is 0 Å². The first-order valence-corrected chi connectivity index (χ1v) is 9.53. The maximum atomic E-state index is 12.1. The van der Waals surface area contributed by atoms with E-state index in [-0.39, 0.29) is 10.8 Å². The molecule has 130 valence electrons. The number of nitrogens with zero attached hydrogens (tertiary/aromatic N) is 1. The zero-order chi connectivity index (χ0) is 17.3. The molecule has 1 amide bonds. The predicted molar refractivity (Wildman–Crippen MR) is 91.6 cm³/mol. The minimum absolute atomic E-state index is 0.110. The van der Waals surface area contributed by atoms with Gasteiger partial charge in [0, 0.05) is 13.1 Å². The van der Waals surface area contributed by atoms with Crippen molar-refractivity contribution in [2.45, 2.75) is 38.0 Å². The van der Waals surface area contributed by atoms with E-state index in [9.17, 15) is 13.2 Å². The number of hydrogen-bond acceptors (Lipinski definition) is 4. The SMILES string of the molecule is CCCN(CCC)C(=O)CNCCc1ccc(S(N)(=O)=O)cc1. The Morgan fingerprint density at radius 3 is 2.17 bits per heavy atom. The van der Waals surface area contributed by atoms with Crippen LogP contribution >= 0.6 is 0 Å². The molecule has 1 aromatic carbocycles. The monoisotopic (exact) mass is 341 g/mol. The van der Waals surface area contributed by atoms with E-state index in [0.717, 1.165) is 37.9 Å². The van der Waals surface area contributed by atoms with Crippen molar-refractivity contribution in [3.8, 4) is 0 Å². The Hall–Kier alpha value is -1.44. The van der Waals surface area contributed by atoms with Gasteiger partial charge in [0.2, 0.25) is 15.9 Å². The van der Waals surface area contributed by atoms with Crippen LogP contribution in [0.15, 0.2) is 29.2 Å². The normalized spacial score (nSPS) is 11.4. The van der Waals surface area contributed by atoms with Gasteiger partial charge in [-0.1, -0.05) is 26.0 Å². The smallest absolute Gasteiger partial charge is 0.238 e. The maximum Gasteiger partial charge on any atom is 0.238 e. The van der Waals surface area contributed by atoms with Crippen molar-refractivity contribution in [1.82, 2.24) is 10.2 Å². The van der Waals surface area contributed by atoms with Crippen LogP contribution in [0.1, 0.15) is 32.3 Å². The first kappa shape index (κ1) is 19.6. The Bertz CT molecular complexity index is 579. The zero-order valence-corrected chi connectivity index (χ0v) is 14.7. The molecule has 0 aromatic heterocycles. The zero-order valence-electron chi connectivity index (χ0n) is 13.9. The molecule has 0 aliphatic heterocycles. The number of sulfonamides is 1. The topological polar surface area (TPSA) is 92.5 Å². The molecule has 1 rings (SSSR count). The molecule has 0 aliphatic rings. The molecule has 0 unspecified atom stereocenters. The Labute approximate surface area is 139 Å². The molecule has 23 heavy (non-hydrogen) atoms. The number of carbonyl (C=O) groups excluding carboxylic acids is 1. The van der Waals surface area contributed by atoms with Crippen LogP contribution in [0.2, 0.25) is 0 Å².